The lowest BCUT2D eigenvalue weighted by molar-refractivity contribution is -0.384. The van der Waals surface area contributed by atoms with E-state index in [9.17, 15) is 15.3 Å². The fourth-order valence-corrected chi connectivity index (χ4v) is 0.898. The van der Waals surface area contributed by atoms with E-state index in [-0.39, 0.29) is 16.8 Å². The Kier molecular flexibility index (Phi) is 2.63. The normalized spacial score (nSPS) is 8.21. The Balaban J connectivity index is 3.33. The quantitative estimate of drug-likeness (QED) is 0.495. The summed E-state index contributed by atoms with van der Waals surface area (Å²) in [5.74, 6) is 0. The monoisotopic (exact) mass is 189 g/mol. The minimum absolute atomic E-state index is 0.0883. The lowest BCUT2D eigenvalue weighted by Gasteiger charge is -1.91. The number of hydrogen-bond acceptors (Lipinski definition) is 4. The summed E-state index contributed by atoms with van der Waals surface area (Å²) in [6.45, 7) is 0. The number of benzene rings is 1. The van der Waals surface area contributed by atoms with Gasteiger partial charge >= 0.3 is 6.07 Å². The lowest BCUT2D eigenvalue weighted by atomic mass is 10.1. The second-order valence-electron chi connectivity index (χ2n) is 2.34. The van der Waals surface area contributed by atoms with E-state index in [0.29, 0.717) is 0 Å². The Bertz CT molecular complexity index is 479. The molecule has 0 N–H and O–H groups in total. The molecule has 6 heteroatoms. The SMILES string of the molecule is N#Cc1cc(C#[N+][O-])cc([N+](=O)[O-])c1. The molecule has 0 aliphatic heterocycles. The van der Waals surface area contributed by atoms with Crippen LogP contribution in [0.25, 0.3) is 5.01 Å². The average molecular weight is 189 g/mol. The first-order valence-corrected chi connectivity index (χ1v) is 3.45. The zero-order chi connectivity index (χ0) is 10.6. The van der Waals surface area contributed by atoms with Gasteiger partial charge in [-0.15, -0.1) is 0 Å². The van der Waals surface area contributed by atoms with E-state index in [2.05, 4.69) is 5.01 Å². The third-order valence-corrected chi connectivity index (χ3v) is 1.43. The van der Waals surface area contributed by atoms with Gasteiger partial charge in [-0.3, -0.25) is 10.1 Å². The minimum atomic E-state index is -0.656. The van der Waals surface area contributed by atoms with E-state index < -0.39 is 4.92 Å². The van der Waals surface area contributed by atoms with E-state index in [1.165, 1.54) is 6.07 Å². The molecular weight excluding hydrogens is 186 g/mol. The summed E-state index contributed by atoms with van der Waals surface area (Å²) in [7, 11) is 0. The van der Waals surface area contributed by atoms with Crippen molar-refractivity contribution in [2.24, 2.45) is 0 Å². The van der Waals surface area contributed by atoms with Crippen molar-refractivity contribution in [3.63, 3.8) is 0 Å². The molecule has 0 aromatic heterocycles. The molecule has 14 heavy (non-hydrogen) atoms. The van der Waals surface area contributed by atoms with Crippen LogP contribution in [0.1, 0.15) is 11.1 Å². The van der Waals surface area contributed by atoms with Crippen LogP contribution < -0.4 is 0 Å². The minimum Gasteiger partial charge on any atom is -0.498 e. The van der Waals surface area contributed by atoms with Gasteiger partial charge in [0.2, 0.25) is 0 Å². The highest BCUT2D eigenvalue weighted by atomic mass is 16.6. The molecule has 0 atom stereocenters. The molecule has 0 amide bonds. The standard InChI is InChI=1S/C8H3N3O3/c9-4-6-1-7(5-10-12)3-8(2-6)11(13)14/h1-3H. The third-order valence-electron chi connectivity index (χ3n) is 1.43. The maximum atomic E-state index is 10.4. The van der Waals surface area contributed by atoms with Crippen molar-refractivity contribution < 1.29 is 4.92 Å². The summed E-state index contributed by atoms with van der Waals surface area (Å²) in [6.07, 6.45) is 0. The number of nitro benzene ring substituents is 1. The number of nitriles is 1. The summed E-state index contributed by atoms with van der Waals surface area (Å²) < 4.78 is 0. The van der Waals surface area contributed by atoms with Gasteiger partial charge in [0.1, 0.15) is 5.56 Å². The van der Waals surface area contributed by atoms with Crippen LogP contribution in [0.4, 0.5) is 5.69 Å². The molecule has 0 aliphatic carbocycles. The first-order chi connectivity index (χ1) is 6.67. The molecule has 0 heterocycles. The van der Waals surface area contributed by atoms with Crippen molar-refractivity contribution in [3.05, 3.63) is 49.7 Å². The lowest BCUT2D eigenvalue weighted by Crippen LogP contribution is -1.90. The number of non-ortho nitro benzene ring substituents is 1. The molecule has 6 nitrogen and oxygen atoms in total. The summed E-state index contributed by atoms with van der Waals surface area (Å²) in [6, 6.07) is 7.23. The van der Waals surface area contributed by atoms with Gasteiger partial charge in [-0.25, -0.2) is 0 Å². The van der Waals surface area contributed by atoms with Crippen LogP contribution in [-0.4, -0.2) is 4.92 Å². The van der Waals surface area contributed by atoms with Crippen LogP contribution in [0, 0.1) is 32.7 Å². The molecule has 0 spiro atoms. The van der Waals surface area contributed by atoms with Gasteiger partial charge in [0, 0.05) is 17.1 Å². The van der Waals surface area contributed by atoms with Gasteiger partial charge in [-0.05, 0) is 6.07 Å². The van der Waals surface area contributed by atoms with Crippen molar-refractivity contribution in [3.8, 4) is 12.1 Å². The first kappa shape index (κ1) is 9.49. The highest BCUT2D eigenvalue weighted by Crippen LogP contribution is 2.16. The highest BCUT2D eigenvalue weighted by Gasteiger charge is 2.10. The Hall–Kier alpha value is -2.60. The Morgan fingerprint density at radius 3 is 2.50 bits per heavy atom. The first-order valence-electron chi connectivity index (χ1n) is 3.45. The molecule has 0 radical (unpaired) electrons. The fraction of sp³-hybridized carbons (Fsp3) is 0. The topological polar surface area (TPSA) is 94.3 Å². The maximum absolute atomic E-state index is 10.4. The van der Waals surface area contributed by atoms with Crippen molar-refractivity contribution >= 4 is 5.69 Å². The third kappa shape index (κ3) is 1.96. The largest absolute Gasteiger partial charge is 0.498 e. The van der Waals surface area contributed by atoms with E-state index in [0.717, 1.165) is 12.1 Å². The van der Waals surface area contributed by atoms with E-state index in [4.69, 9.17) is 5.26 Å². The van der Waals surface area contributed by atoms with Crippen molar-refractivity contribution in [1.82, 2.24) is 0 Å². The smallest absolute Gasteiger partial charge is 0.336 e. The zero-order valence-electron chi connectivity index (χ0n) is 6.80. The van der Waals surface area contributed by atoms with Gasteiger partial charge in [-0.2, -0.15) is 5.26 Å². The van der Waals surface area contributed by atoms with E-state index >= 15 is 0 Å². The van der Waals surface area contributed by atoms with E-state index in [1.807, 2.05) is 6.07 Å². The molecule has 0 fully saturated rings. The highest BCUT2D eigenvalue weighted by molar-refractivity contribution is 5.49. The van der Waals surface area contributed by atoms with Gasteiger partial charge < -0.3 is 5.21 Å². The number of hydrogen-bond donors (Lipinski definition) is 0. The van der Waals surface area contributed by atoms with Crippen molar-refractivity contribution in [1.29, 1.82) is 5.26 Å². The average Bonchev–Trinajstić information content (AvgIpc) is 2.17. The molecule has 0 bridgehead atoms. The predicted molar refractivity (Wildman–Crippen MR) is 47.5 cm³/mol. The van der Waals surface area contributed by atoms with Crippen LogP contribution in [0.5, 0.6) is 0 Å². The Labute approximate surface area is 78.6 Å². The summed E-state index contributed by atoms with van der Waals surface area (Å²) in [5.41, 5.74) is -0.0636. The van der Waals surface area contributed by atoms with Crippen LogP contribution in [0.3, 0.4) is 0 Å². The molecule has 0 saturated carbocycles. The molecule has 1 rings (SSSR count). The molecule has 0 unspecified atom stereocenters. The maximum Gasteiger partial charge on any atom is 0.336 e. The van der Waals surface area contributed by atoms with Gasteiger partial charge in [0.15, 0.2) is 0 Å². The predicted octanol–water partition coefficient (Wildman–Crippen LogP) is 1.65. The molecule has 0 saturated heterocycles. The number of nitrogens with zero attached hydrogens (tertiary/aromatic N) is 3. The molecule has 0 aliphatic rings. The Morgan fingerprint density at radius 2 is 2.00 bits per heavy atom. The van der Waals surface area contributed by atoms with Crippen LogP contribution in [-0.2, 0) is 0 Å². The van der Waals surface area contributed by atoms with Crippen LogP contribution >= 0.6 is 0 Å². The van der Waals surface area contributed by atoms with E-state index in [1.54, 1.807) is 6.07 Å². The zero-order valence-corrected chi connectivity index (χ0v) is 6.80. The molecular formula is C8H3N3O3. The number of nitro groups is 1. The Morgan fingerprint density at radius 1 is 1.36 bits per heavy atom. The summed E-state index contributed by atoms with van der Waals surface area (Å²) >= 11 is 0. The molecule has 1 aromatic rings. The van der Waals surface area contributed by atoms with Crippen molar-refractivity contribution in [2.45, 2.75) is 0 Å². The molecule has 1 aromatic carbocycles. The number of rotatable bonds is 1. The van der Waals surface area contributed by atoms with Crippen LogP contribution in [0.15, 0.2) is 18.2 Å². The van der Waals surface area contributed by atoms with Gasteiger partial charge in [0.25, 0.3) is 5.69 Å². The second-order valence-corrected chi connectivity index (χ2v) is 2.34. The van der Waals surface area contributed by atoms with Crippen molar-refractivity contribution in [2.75, 3.05) is 0 Å². The van der Waals surface area contributed by atoms with Crippen LogP contribution in [0.2, 0.25) is 0 Å². The van der Waals surface area contributed by atoms with Gasteiger partial charge in [0.05, 0.1) is 16.6 Å². The molecule has 68 valence electrons. The summed E-state index contributed by atoms with van der Waals surface area (Å²) in [5, 5.41) is 31.1. The summed E-state index contributed by atoms with van der Waals surface area (Å²) in [4.78, 5) is 9.73. The fourth-order valence-electron chi connectivity index (χ4n) is 0.898. The second kappa shape index (κ2) is 3.87. The van der Waals surface area contributed by atoms with Gasteiger partial charge in [-0.1, -0.05) is 0 Å².